The molecule has 0 aliphatic carbocycles. The fourth-order valence-corrected chi connectivity index (χ4v) is 3.48. The van der Waals surface area contributed by atoms with Gasteiger partial charge in [-0.1, -0.05) is 6.07 Å². The Morgan fingerprint density at radius 2 is 1.87 bits per heavy atom. The summed E-state index contributed by atoms with van der Waals surface area (Å²) >= 11 is 0. The molecule has 0 aliphatic heterocycles. The third kappa shape index (κ3) is 6.77. The first kappa shape index (κ1) is 23.2. The van der Waals surface area contributed by atoms with Gasteiger partial charge in [-0.15, -0.1) is 0 Å². The molecule has 0 spiro atoms. The van der Waals surface area contributed by atoms with Gasteiger partial charge in [0.25, 0.3) is 5.91 Å². The van der Waals surface area contributed by atoms with Gasteiger partial charge in [0.2, 0.25) is 10.0 Å². The summed E-state index contributed by atoms with van der Waals surface area (Å²) in [7, 11) is -2.29. The van der Waals surface area contributed by atoms with E-state index in [-0.39, 0.29) is 6.10 Å². The average molecular weight is 434 g/mol. The monoisotopic (exact) mass is 433 g/mol. The lowest BCUT2D eigenvalue weighted by Gasteiger charge is -2.23. The van der Waals surface area contributed by atoms with Gasteiger partial charge in [0.1, 0.15) is 18.0 Å². The van der Waals surface area contributed by atoms with Gasteiger partial charge in [0.15, 0.2) is 0 Å². The lowest BCUT2D eigenvalue weighted by molar-refractivity contribution is -0.119. The molecule has 30 heavy (non-hydrogen) atoms. The van der Waals surface area contributed by atoms with Gasteiger partial charge in [-0.25, -0.2) is 13.8 Å². The second-order valence-corrected chi connectivity index (χ2v) is 8.88. The second kappa shape index (κ2) is 10.1. The molecule has 0 atom stereocenters. The van der Waals surface area contributed by atoms with E-state index in [1.165, 1.54) is 13.3 Å². The number of anilines is 1. The van der Waals surface area contributed by atoms with Crippen molar-refractivity contribution in [3.05, 3.63) is 53.6 Å². The van der Waals surface area contributed by atoms with Gasteiger partial charge in [-0.2, -0.15) is 5.10 Å². The van der Waals surface area contributed by atoms with Crippen LogP contribution < -0.4 is 19.2 Å². The molecule has 2 aromatic rings. The Balaban J connectivity index is 2.09. The first-order valence-electron chi connectivity index (χ1n) is 9.31. The second-order valence-electron chi connectivity index (χ2n) is 6.97. The molecule has 0 fully saturated rings. The number of aryl methyl sites for hydroxylation is 1. The predicted molar refractivity (Wildman–Crippen MR) is 118 cm³/mol. The van der Waals surface area contributed by atoms with Crippen LogP contribution in [0.2, 0.25) is 0 Å². The highest BCUT2D eigenvalue weighted by molar-refractivity contribution is 7.92. The smallest absolute Gasteiger partial charge is 0.260 e. The lowest BCUT2D eigenvalue weighted by Crippen LogP contribution is -2.39. The molecule has 2 aromatic carbocycles. The first-order valence-corrected chi connectivity index (χ1v) is 11.2. The topological polar surface area (TPSA) is 97.3 Å². The van der Waals surface area contributed by atoms with Crippen molar-refractivity contribution in [2.24, 2.45) is 5.10 Å². The van der Waals surface area contributed by atoms with E-state index in [0.717, 1.165) is 27.4 Å². The Morgan fingerprint density at radius 3 is 2.43 bits per heavy atom. The van der Waals surface area contributed by atoms with Gasteiger partial charge in [-0.3, -0.25) is 9.10 Å². The summed E-state index contributed by atoms with van der Waals surface area (Å²) in [6, 6.07) is 12.3. The lowest BCUT2D eigenvalue weighted by atomic mass is 10.2. The maximum Gasteiger partial charge on any atom is 0.260 e. The Kier molecular flexibility index (Phi) is 7.82. The van der Waals surface area contributed by atoms with Crippen LogP contribution in [0, 0.1) is 6.92 Å². The molecular weight excluding hydrogens is 406 g/mol. The summed E-state index contributed by atoms with van der Waals surface area (Å²) in [4.78, 5) is 12.3. The van der Waals surface area contributed by atoms with E-state index in [1.54, 1.807) is 42.5 Å². The van der Waals surface area contributed by atoms with Crippen molar-refractivity contribution in [3.8, 4) is 11.5 Å². The van der Waals surface area contributed by atoms with Crippen LogP contribution in [0.25, 0.3) is 0 Å². The SMILES string of the molecule is COc1ccc(C)cc1N(CC(=O)N/N=C\c1ccc(OC(C)C)cc1)S(C)(=O)=O. The van der Waals surface area contributed by atoms with Gasteiger partial charge in [0, 0.05) is 0 Å². The highest BCUT2D eigenvalue weighted by Crippen LogP contribution is 2.30. The van der Waals surface area contributed by atoms with Crippen molar-refractivity contribution in [1.82, 2.24) is 5.43 Å². The highest BCUT2D eigenvalue weighted by Gasteiger charge is 2.24. The molecule has 0 radical (unpaired) electrons. The minimum Gasteiger partial charge on any atom is -0.495 e. The number of rotatable bonds is 9. The number of carbonyl (C=O) groups excluding carboxylic acids is 1. The number of sulfonamides is 1. The minimum atomic E-state index is -3.73. The summed E-state index contributed by atoms with van der Waals surface area (Å²) in [5.41, 5.74) is 4.24. The molecule has 2 rings (SSSR count). The van der Waals surface area contributed by atoms with Crippen molar-refractivity contribution in [2.45, 2.75) is 26.9 Å². The van der Waals surface area contributed by atoms with Crippen molar-refractivity contribution in [3.63, 3.8) is 0 Å². The number of hydrazone groups is 1. The zero-order valence-corrected chi connectivity index (χ0v) is 18.6. The van der Waals surface area contributed by atoms with E-state index in [4.69, 9.17) is 9.47 Å². The molecule has 0 saturated carbocycles. The number of amides is 1. The summed E-state index contributed by atoms with van der Waals surface area (Å²) in [5, 5.41) is 3.90. The number of carbonyl (C=O) groups is 1. The minimum absolute atomic E-state index is 0.0774. The first-order chi connectivity index (χ1) is 14.1. The molecule has 0 heterocycles. The van der Waals surface area contributed by atoms with Crippen LogP contribution in [0.15, 0.2) is 47.6 Å². The van der Waals surface area contributed by atoms with Crippen LogP contribution in [0.3, 0.4) is 0 Å². The van der Waals surface area contributed by atoms with Crippen LogP contribution in [0.5, 0.6) is 11.5 Å². The van der Waals surface area contributed by atoms with Crippen LogP contribution in [-0.2, 0) is 14.8 Å². The number of nitrogens with one attached hydrogen (secondary N) is 1. The zero-order valence-electron chi connectivity index (χ0n) is 17.7. The fourth-order valence-electron chi connectivity index (χ4n) is 2.63. The molecule has 1 N–H and O–H groups in total. The largest absolute Gasteiger partial charge is 0.495 e. The maximum atomic E-state index is 12.3. The summed E-state index contributed by atoms with van der Waals surface area (Å²) in [5.74, 6) is 0.508. The number of benzene rings is 2. The van der Waals surface area contributed by atoms with Crippen LogP contribution >= 0.6 is 0 Å². The summed E-state index contributed by atoms with van der Waals surface area (Å²) in [6.07, 6.45) is 2.58. The zero-order chi connectivity index (χ0) is 22.3. The fraction of sp³-hybridized carbons (Fsp3) is 0.333. The van der Waals surface area contributed by atoms with Crippen LogP contribution in [0.1, 0.15) is 25.0 Å². The maximum absolute atomic E-state index is 12.3. The van der Waals surface area contributed by atoms with Crippen LogP contribution in [0.4, 0.5) is 5.69 Å². The molecule has 8 nitrogen and oxygen atoms in total. The van der Waals surface area contributed by atoms with Crippen molar-refractivity contribution >= 4 is 27.8 Å². The van der Waals surface area contributed by atoms with E-state index in [1.807, 2.05) is 20.8 Å². The Morgan fingerprint density at radius 1 is 1.20 bits per heavy atom. The third-order valence-corrected chi connectivity index (χ3v) is 5.07. The quantitative estimate of drug-likeness (QED) is 0.484. The molecular formula is C21H27N3O5S. The normalized spacial score (nSPS) is 11.5. The van der Waals surface area contributed by atoms with E-state index in [2.05, 4.69) is 10.5 Å². The number of hydrogen-bond acceptors (Lipinski definition) is 6. The average Bonchev–Trinajstić information content (AvgIpc) is 2.66. The molecule has 0 unspecified atom stereocenters. The molecule has 0 aromatic heterocycles. The summed E-state index contributed by atoms with van der Waals surface area (Å²) in [6.45, 7) is 5.27. The summed E-state index contributed by atoms with van der Waals surface area (Å²) < 4.78 is 36.4. The van der Waals surface area contributed by atoms with E-state index in [9.17, 15) is 13.2 Å². The van der Waals surface area contributed by atoms with E-state index >= 15 is 0 Å². The Labute approximate surface area is 177 Å². The van der Waals surface area contributed by atoms with Crippen LogP contribution in [-0.4, -0.2) is 46.6 Å². The van der Waals surface area contributed by atoms with Gasteiger partial charge < -0.3 is 9.47 Å². The molecule has 9 heteroatoms. The Hall–Kier alpha value is -3.07. The Bertz CT molecular complexity index is 1000. The van der Waals surface area contributed by atoms with Crippen molar-refractivity contribution < 1.29 is 22.7 Å². The van der Waals surface area contributed by atoms with E-state index in [0.29, 0.717) is 11.4 Å². The molecule has 0 saturated heterocycles. The number of hydrogen-bond donors (Lipinski definition) is 1. The number of ether oxygens (including phenoxy) is 2. The van der Waals surface area contributed by atoms with Crippen molar-refractivity contribution in [1.29, 1.82) is 0 Å². The van der Waals surface area contributed by atoms with Gasteiger partial charge >= 0.3 is 0 Å². The highest BCUT2D eigenvalue weighted by atomic mass is 32.2. The van der Waals surface area contributed by atoms with Gasteiger partial charge in [0.05, 0.1) is 31.4 Å². The number of nitrogens with zero attached hydrogens (tertiary/aromatic N) is 2. The third-order valence-electron chi connectivity index (χ3n) is 3.95. The molecule has 0 aliphatic rings. The van der Waals surface area contributed by atoms with Crippen molar-refractivity contribution in [2.75, 3.05) is 24.2 Å². The molecule has 0 bridgehead atoms. The molecule has 162 valence electrons. The van der Waals surface area contributed by atoms with E-state index < -0.39 is 22.5 Å². The standard InChI is InChI=1S/C21H27N3O5S/c1-15(2)29-18-9-7-17(8-10-18)13-22-23-21(25)14-24(30(5,26)27)19-12-16(3)6-11-20(19)28-4/h6-13,15H,14H2,1-5H3,(H,23,25)/b22-13-. The predicted octanol–water partition coefficient (Wildman–Crippen LogP) is 2.71. The number of methoxy groups -OCH3 is 1. The van der Waals surface area contributed by atoms with Gasteiger partial charge in [-0.05, 0) is 68.3 Å². The molecule has 1 amide bonds.